The molecule has 8 heteroatoms. The van der Waals surface area contributed by atoms with E-state index in [1.165, 1.54) is 63.3 Å². The monoisotopic (exact) mass is 374 g/mol. The first kappa shape index (κ1) is 25.7. The summed E-state index contributed by atoms with van der Waals surface area (Å²) in [5, 5.41) is 0. The fraction of sp³-hybridized carbons (Fsp3) is 0.812. The lowest BCUT2D eigenvalue weighted by Crippen LogP contribution is -2.19. The van der Waals surface area contributed by atoms with Gasteiger partial charge in [-0.15, -0.1) is 0 Å². The SMILES string of the molecule is C=COC(=O)C[P+](CCCC)(CCCC)CCCC.F[B-](F)(F)F. The molecule has 0 radical (unpaired) electrons. The zero-order chi connectivity index (χ0) is 19.1. The van der Waals surface area contributed by atoms with Crippen LogP contribution in [0.25, 0.3) is 0 Å². The van der Waals surface area contributed by atoms with Gasteiger partial charge in [-0.25, -0.2) is 4.79 Å². The van der Waals surface area contributed by atoms with Crippen molar-refractivity contribution in [2.24, 2.45) is 0 Å². The Kier molecular flexibility index (Phi) is 15.8. The highest BCUT2D eigenvalue weighted by atomic mass is 31.2. The number of unbranched alkanes of at least 4 members (excludes halogenated alkanes) is 3. The first-order chi connectivity index (χ1) is 11.1. The van der Waals surface area contributed by atoms with Crippen LogP contribution in [-0.4, -0.2) is 37.9 Å². The lowest BCUT2D eigenvalue weighted by atomic mass is 10.3. The van der Waals surface area contributed by atoms with Crippen molar-refractivity contribution < 1.29 is 26.8 Å². The minimum atomic E-state index is -6.00. The molecule has 0 heterocycles. The van der Waals surface area contributed by atoms with E-state index in [1.807, 2.05) is 0 Å². The summed E-state index contributed by atoms with van der Waals surface area (Å²) in [5.74, 6) is -0.0633. The summed E-state index contributed by atoms with van der Waals surface area (Å²) in [5.41, 5.74) is 0. The molecule has 0 aliphatic heterocycles. The number of hydrogen-bond donors (Lipinski definition) is 0. The highest BCUT2D eigenvalue weighted by Crippen LogP contribution is 2.60. The van der Waals surface area contributed by atoms with Crippen LogP contribution < -0.4 is 0 Å². The molecule has 0 aromatic rings. The molecule has 0 spiro atoms. The summed E-state index contributed by atoms with van der Waals surface area (Å²) < 4.78 is 44.0. The van der Waals surface area contributed by atoms with Crippen molar-refractivity contribution >= 4 is 20.5 Å². The van der Waals surface area contributed by atoms with Crippen molar-refractivity contribution in [3.8, 4) is 0 Å². The first-order valence-electron chi connectivity index (χ1n) is 8.66. The van der Waals surface area contributed by atoms with Gasteiger partial charge in [0.1, 0.15) is 0 Å². The van der Waals surface area contributed by atoms with Crippen LogP contribution in [0.3, 0.4) is 0 Å². The first-order valence-corrected chi connectivity index (χ1v) is 11.2. The summed E-state index contributed by atoms with van der Waals surface area (Å²) >= 11 is 0. The van der Waals surface area contributed by atoms with Gasteiger partial charge in [0, 0.05) is 7.26 Å². The molecule has 0 amide bonds. The molecule has 0 fully saturated rings. The van der Waals surface area contributed by atoms with Gasteiger partial charge in [0.2, 0.25) is 0 Å². The van der Waals surface area contributed by atoms with E-state index < -0.39 is 14.5 Å². The highest BCUT2D eigenvalue weighted by Gasteiger charge is 2.38. The average molecular weight is 374 g/mol. The predicted molar refractivity (Wildman–Crippen MR) is 97.6 cm³/mol. The standard InChI is InChI=1S/C16H32O2P.BF4/c1-5-9-12-19(13-10-6-2,14-11-7-3)15-16(17)18-8-4;2-1(3,4)5/h8H,4-7,9-15H2,1-3H3;/q+1;-1. The Bertz CT molecular complexity index is 311. The number of ether oxygens (including phenoxy) is 1. The molecule has 0 saturated carbocycles. The minimum Gasteiger partial charge on any atom is -0.432 e. The quantitative estimate of drug-likeness (QED) is 0.130. The lowest BCUT2D eigenvalue weighted by molar-refractivity contribution is -0.135. The molecule has 0 aliphatic carbocycles. The van der Waals surface area contributed by atoms with Crippen LogP contribution >= 0.6 is 7.26 Å². The van der Waals surface area contributed by atoms with Gasteiger partial charge in [0.15, 0.2) is 6.16 Å². The molecule has 0 N–H and O–H groups in total. The second-order valence-corrected chi connectivity index (χ2v) is 10.2. The second kappa shape index (κ2) is 14.7. The van der Waals surface area contributed by atoms with Gasteiger partial charge in [-0.2, -0.15) is 0 Å². The molecule has 2 nitrogen and oxygen atoms in total. The maximum Gasteiger partial charge on any atom is 0.673 e. The number of halogens is 4. The van der Waals surface area contributed by atoms with E-state index in [0.717, 1.165) is 0 Å². The maximum atomic E-state index is 11.9. The fourth-order valence-electron chi connectivity index (χ4n) is 2.46. The van der Waals surface area contributed by atoms with Crippen LogP contribution in [-0.2, 0) is 9.53 Å². The van der Waals surface area contributed by atoms with Gasteiger partial charge in [-0.1, -0.05) is 46.6 Å². The molecule has 0 aromatic carbocycles. The predicted octanol–water partition coefficient (Wildman–Crippen LogP) is 6.39. The van der Waals surface area contributed by atoms with Gasteiger partial charge in [-0.3, -0.25) is 0 Å². The molecule has 0 rings (SSSR count). The van der Waals surface area contributed by atoms with Crippen molar-refractivity contribution in [3.63, 3.8) is 0 Å². The summed E-state index contributed by atoms with van der Waals surface area (Å²) in [6.07, 6.45) is 13.1. The molecule has 0 saturated heterocycles. The maximum absolute atomic E-state index is 11.9. The Hall–Kier alpha value is -0.575. The van der Waals surface area contributed by atoms with E-state index in [0.29, 0.717) is 6.16 Å². The topological polar surface area (TPSA) is 26.3 Å². The van der Waals surface area contributed by atoms with E-state index in [-0.39, 0.29) is 5.97 Å². The second-order valence-electron chi connectivity index (χ2n) is 5.88. The van der Waals surface area contributed by atoms with Gasteiger partial charge >= 0.3 is 13.2 Å². The molecule has 24 heavy (non-hydrogen) atoms. The Morgan fingerprint density at radius 2 is 1.29 bits per heavy atom. The number of hydrogen-bond acceptors (Lipinski definition) is 2. The fourth-order valence-corrected chi connectivity index (χ4v) is 7.19. The molecule has 0 aliphatic rings. The largest absolute Gasteiger partial charge is 0.673 e. The summed E-state index contributed by atoms with van der Waals surface area (Å²) in [6.45, 7) is 10.2. The van der Waals surface area contributed by atoms with Crippen LogP contribution in [0.5, 0.6) is 0 Å². The van der Waals surface area contributed by atoms with Crippen LogP contribution in [0.1, 0.15) is 59.3 Å². The number of esters is 1. The van der Waals surface area contributed by atoms with Crippen molar-refractivity contribution in [1.29, 1.82) is 0 Å². The van der Waals surface area contributed by atoms with Crippen molar-refractivity contribution in [3.05, 3.63) is 12.8 Å². The number of carbonyl (C=O) groups is 1. The van der Waals surface area contributed by atoms with E-state index >= 15 is 0 Å². The number of carbonyl (C=O) groups excluding carboxylic acids is 1. The van der Waals surface area contributed by atoms with Crippen molar-refractivity contribution in [2.75, 3.05) is 24.6 Å². The van der Waals surface area contributed by atoms with E-state index in [1.54, 1.807) is 0 Å². The Morgan fingerprint density at radius 3 is 1.54 bits per heavy atom. The molecular formula is C16H32BF4O2P. The molecule has 144 valence electrons. The average Bonchev–Trinajstić information content (AvgIpc) is 2.47. The summed E-state index contributed by atoms with van der Waals surface area (Å²) in [4.78, 5) is 11.9. The van der Waals surface area contributed by atoms with E-state index in [2.05, 4.69) is 27.4 Å². The minimum absolute atomic E-state index is 0.0633. The smallest absolute Gasteiger partial charge is 0.432 e. The van der Waals surface area contributed by atoms with Gasteiger partial charge in [0.05, 0.1) is 24.7 Å². The molecule has 0 bridgehead atoms. The lowest BCUT2D eigenvalue weighted by Gasteiger charge is -2.26. The molecule has 0 atom stereocenters. The Balaban J connectivity index is 0. The summed E-state index contributed by atoms with van der Waals surface area (Å²) in [6, 6.07) is 0. The summed E-state index contributed by atoms with van der Waals surface area (Å²) in [7, 11) is -7.15. The van der Waals surface area contributed by atoms with Crippen LogP contribution in [0.15, 0.2) is 12.8 Å². The van der Waals surface area contributed by atoms with Gasteiger partial charge in [-0.05, 0) is 19.3 Å². The zero-order valence-electron chi connectivity index (χ0n) is 15.2. The van der Waals surface area contributed by atoms with Gasteiger partial charge < -0.3 is 22.0 Å². The third-order valence-electron chi connectivity index (χ3n) is 3.64. The van der Waals surface area contributed by atoms with E-state index in [4.69, 9.17) is 4.74 Å². The van der Waals surface area contributed by atoms with Gasteiger partial charge in [0.25, 0.3) is 0 Å². The highest BCUT2D eigenvalue weighted by molar-refractivity contribution is 7.76. The Morgan fingerprint density at radius 1 is 0.958 bits per heavy atom. The third kappa shape index (κ3) is 17.8. The molecule has 0 aromatic heterocycles. The normalized spacial score (nSPS) is 11.5. The van der Waals surface area contributed by atoms with Crippen LogP contribution in [0, 0.1) is 0 Å². The van der Waals surface area contributed by atoms with Crippen LogP contribution in [0.2, 0.25) is 0 Å². The molecular weight excluding hydrogens is 342 g/mol. The van der Waals surface area contributed by atoms with Crippen molar-refractivity contribution in [2.45, 2.75) is 59.3 Å². The molecule has 0 unspecified atom stereocenters. The zero-order valence-corrected chi connectivity index (χ0v) is 16.1. The third-order valence-corrected chi connectivity index (χ3v) is 8.36. The number of rotatable bonds is 12. The Labute approximate surface area is 144 Å². The van der Waals surface area contributed by atoms with Crippen LogP contribution in [0.4, 0.5) is 17.3 Å². The van der Waals surface area contributed by atoms with Crippen molar-refractivity contribution in [1.82, 2.24) is 0 Å². The van der Waals surface area contributed by atoms with E-state index in [9.17, 15) is 22.1 Å².